The lowest BCUT2D eigenvalue weighted by molar-refractivity contribution is -0.140. The van der Waals surface area contributed by atoms with Crippen LogP contribution in [0, 0.1) is 11.7 Å². The fraction of sp³-hybridized carbons (Fsp3) is 0.562. The van der Waals surface area contributed by atoms with Gasteiger partial charge in [0.05, 0.1) is 0 Å². The van der Waals surface area contributed by atoms with Crippen molar-refractivity contribution in [3.8, 4) is 5.75 Å². The molecule has 1 amide bonds. The zero-order chi connectivity index (χ0) is 14.5. The highest BCUT2D eigenvalue weighted by Gasteiger charge is 2.27. The Balaban J connectivity index is 2.00. The number of carbonyl (C=O) groups is 1. The van der Waals surface area contributed by atoms with E-state index < -0.39 is 6.10 Å². The molecule has 0 saturated carbocycles. The number of nitrogens with zero attached hydrogens (tertiary/aromatic N) is 1. The molecule has 0 radical (unpaired) electrons. The zero-order valence-corrected chi connectivity index (χ0v) is 12.1. The highest BCUT2D eigenvalue weighted by Crippen LogP contribution is 2.19. The average molecular weight is 279 g/mol. The number of carbonyl (C=O) groups excluding carboxylic acids is 1. The average Bonchev–Trinajstić information content (AvgIpc) is 2.46. The van der Waals surface area contributed by atoms with Crippen LogP contribution in [-0.2, 0) is 4.79 Å². The molecule has 0 bridgehead atoms. The fourth-order valence-electron chi connectivity index (χ4n) is 2.58. The molecule has 1 saturated heterocycles. The molecular formula is C16H22FNO2. The molecule has 3 nitrogen and oxygen atoms in total. The van der Waals surface area contributed by atoms with E-state index in [-0.39, 0.29) is 11.7 Å². The van der Waals surface area contributed by atoms with Crippen LogP contribution in [0.1, 0.15) is 33.1 Å². The minimum absolute atomic E-state index is 0.0448. The van der Waals surface area contributed by atoms with E-state index in [0.29, 0.717) is 18.1 Å². The summed E-state index contributed by atoms with van der Waals surface area (Å²) in [4.78, 5) is 14.4. The van der Waals surface area contributed by atoms with E-state index in [1.165, 1.54) is 18.6 Å². The van der Waals surface area contributed by atoms with Gasteiger partial charge in [-0.3, -0.25) is 4.79 Å². The van der Waals surface area contributed by atoms with Crippen LogP contribution in [0.15, 0.2) is 24.3 Å². The monoisotopic (exact) mass is 279 g/mol. The quantitative estimate of drug-likeness (QED) is 0.846. The molecule has 1 aliphatic rings. The second-order valence-corrected chi connectivity index (χ2v) is 5.50. The van der Waals surface area contributed by atoms with Crippen molar-refractivity contribution in [3.05, 3.63) is 30.1 Å². The Morgan fingerprint density at radius 3 is 2.75 bits per heavy atom. The number of hydrogen-bond acceptors (Lipinski definition) is 2. The summed E-state index contributed by atoms with van der Waals surface area (Å²) in [5.74, 6) is 0.831. The molecule has 2 rings (SSSR count). The molecule has 1 heterocycles. The Labute approximate surface area is 119 Å². The highest BCUT2D eigenvalue weighted by atomic mass is 19.1. The van der Waals surface area contributed by atoms with Gasteiger partial charge in [-0.1, -0.05) is 13.8 Å². The number of rotatable bonds is 4. The summed E-state index contributed by atoms with van der Waals surface area (Å²) < 4.78 is 18.6. The molecule has 0 aromatic heterocycles. The first-order valence-electron chi connectivity index (χ1n) is 7.31. The van der Waals surface area contributed by atoms with Crippen LogP contribution in [0.4, 0.5) is 4.39 Å². The minimum atomic E-state index is -0.481. The van der Waals surface area contributed by atoms with Gasteiger partial charge in [0.25, 0.3) is 5.91 Å². The van der Waals surface area contributed by atoms with Crippen LogP contribution in [0.5, 0.6) is 5.75 Å². The summed E-state index contributed by atoms with van der Waals surface area (Å²) in [5.41, 5.74) is 0. The van der Waals surface area contributed by atoms with Crippen molar-refractivity contribution in [2.75, 3.05) is 13.1 Å². The minimum Gasteiger partial charge on any atom is -0.481 e. The van der Waals surface area contributed by atoms with Crippen LogP contribution in [0.2, 0.25) is 0 Å². The largest absolute Gasteiger partial charge is 0.481 e. The van der Waals surface area contributed by atoms with Gasteiger partial charge in [-0.05, 0) is 49.4 Å². The first-order valence-corrected chi connectivity index (χ1v) is 7.31. The first kappa shape index (κ1) is 14.8. The van der Waals surface area contributed by atoms with Crippen molar-refractivity contribution in [1.29, 1.82) is 0 Å². The van der Waals surface area contributed by atoms with E-state index in [2.05, 4.69) is 6.92 Å². The number of ether oxygens (including phenoxy) is 1. The summed E-state index contributed by atoms with van der Waals surface area (Å²) in [6.07, 6.45) is 2.37. The second-order valence-electron chi connectivity index (χ2n) is 5.50. The third-order valence-electron chi connectivity index (χ3n) is 3.71. The van der Waals surface area contributed by atoms with Gasteiger partial charge < -0.3 is 9.64 Å². The van der Waals surface area contributed by atoms with Gasteiger partial charge in [0, 0.05) is 13.1 Å². The summed E-state index contributed by atoms with van der Waals surface area (Å²) >= 11 is 0. The molecule has 1 aromatic carbocycles. The van der Waals surface area contributed by atoms with E-state index in [9.17, 15) is 9.18 Å². The lowest BCUT2D eigenvalue weighted by Crippen LogP contribution is -2.46. The van der Waals surface area contributed by atoms with Crippen LogP contribution >= 0.6 is 0 Å². The standard InChI is InChI=1S/C16H22FNO2/c1-3-15(20-14-8-6-13(17)7-9-14)16(19)18-10-4-5-12(2)11-18/h6-9,12,15H,3-5,10-11H2,1-2H3/t12-,15+/m1/s1. The van der Waals surface area contributed by atoms with Crippen LogP contribution in [0.25, 0.3) is 0 Å². The normalized spacial score (nSPS) is 20.6. The summed E-state index contributed by atoms with van der Waals surface area (Å²) in [7, 11) is 0. The van der Waals surface area contributed by atoms with Crippen LogP contribution < -0.4 is 4.74 Å². The molecular weight excluding hydrogens is 257 g/mol. The summed E-state index contributed by atoms with van der Waals surface area (Å²) in [5, 5.41) is 0. The third-order valence-corrected chi connectivity index (χ3v) is 3.71. The molecule has 20 heavy (non-hydrogen) atoms. The molecule has 110 valence electrons. The maximum absolute atomic E-state index is 12.9. The van der Waals surface area contributed by atoms with Crippen LogP contribution in [-0.4, -0.2) is 30.0 Å². The van der Waals surface area contributed by atoms with Crippen LogP contribution in [0.3, 0.4) is 0 Å². The van der Waals surface area contributed by atoms with Gasteiger partial charge in [0.1, 0.15) is 11.6 Å². The number of hydrogen-bond donors (Lipinski definition) is 0. The lowest BCUT2D eigenvalue weighted by atomic mass is 9.99. The van der Waals surface area contributed by atoms with Gasteiger partial charge in [-0.25, -0.2) is 4.39 Å². The Morgan fingerprint density at radius 1 is 1.45 bits per heavy atom. The topological polar surface area (TPSA) is 29.5 Å². The Morgan fingerprint density at radius 2 is 2.15 bits per heavy atom. The maximum atomic E-state index is 12.9. The predicted octanol–water partition coefficient (Wildman–Crippen LogP) is 3.24. The van der Waals surface area contributed by atoms with Crippen molar-refractivity contribution in [3.63, 3.8) is 0 Å². The smallest absolute Gasteiger partial charge is 0.263 e. The number of likely N-dealkylation sites (tertiary alicyclic amines) is 1. The van der Waals surface area contributed by atoms with Crippen molar-refractivity contribution in [1.82, 2.24) is 4.90 Å². The van der Waals surface area contributed by atoms with E-state index in [0.717, 1.165) is 19.5 Å². The molecule has 0 N–H and O–H groups in total. The molecule has 4 heteroatoms. The van der Waals surface area contributed by atoms with Gasteiger partial charge >= 0.3 is 0 Å². The molecule has 1 aliphatic heterocycles. The number of piperidine rings is 1. The summed E-state index contributed by atoms with van der Waals surface area (Å²) in [6, 6.07) is 5.80. The van der Waals surface area contributed by atoms with Crippen molar-refractivity contribution in [2.45, 2.75) is 39.2 Å². The summed E-state index contributed by atoms with van der Waals surface area (Å²) in [6.45, 7) is 5.72. The van der Waals surface area contributed by atoms with Crippen molar-refractivity contribution in [2.24, 2.45) is 5.92 Å². The second kappa shape index (κ2) is 6.73. The maximum Gasteiger partial charge on any atom is 0.263 e. The van der Waals surface area contributed by atoms with E-state index in [1.54, 1.807) is 12.1 Å². The molecule has 0 spiro atoms. The number of benzene rings is 1. The first-order chi connectivity index (χ1) is 9.60. The number of amides is 1. The predicted molar refractivity (Wildman–Crippen MR) is 76.1 cm³/mol. The third kappa shape index (κ3) is 3.71. The van der Waals surface area contributed by atoms with Gasteiger partial charge in [0.15, 0.2) is 6.10 Å². The molecule has 1 fully saturated rings. The van der Waals surface area contributed by atoms with Crippen molar-refractivity contribution < 1.29 is 13.9 Å². The molecule has 1 aromatic rings. The highest BCUT2D eigenvalue weighted by molar-refractivity contribution is 5.81. The Bertz CT molecular complexity index is 446. The molecule has 2 atom stereocenters. The fourth-order valence-corrected chi connectivity index (χ4v) is 2.58. The number of halogens is 1. The van der Waals surface area contributed by atoms with Gasteiger partial charge in [-0.15, -0.1) is 0 Å². The van der Waals surface area contributed by atoms with E-state index in [1.807, 2.05) is 11.8 Å². The van der Waals surface area contributed by atoms with Gasteiger partial charge in [0.2, 0.25) is 0 Å². The zero-order valence-electron chi connectivity index (χ0n) is 12.1. The Hall–Kier alpha value is -1.58. The SMILES string of the molecule is CC[C@H](Oc1ccc(F)cc1)C(=O)N1CCC[C@@H](C)C1. The lowest BCUT2D eigenvalue weighted by Gasteiger charge is -2.33. The van der Waals surface area contributed by atoms with E-state index >= 15 is 0 Å². The van der Waals surface area contributed by atoms with E-state index in [4.69, 9.17) is 4.74 Å². The van der Waals surface area contributed by atoms with Gasteiger partial charge in [-0.2, -0.15) is 0 Å². The molecule has 0 unspecified atom stereocenters. The molecule has 0 aliphatic carbocycles. The van der Waals surface area contributed by atoms with Crippen molar-refractivity contribution >= 4 is 5.91 Å². The Kier molecular flexibility index (Phi) is 4.99.